The minimum atomic E-state index is -0.799. The molecule has 2 rings (SSSR count). The maximum Gasteiger partial charge on any atom is 0.411 e. The van der Waals surface area contributed by atoms with Gasteiger partial charge in [0.2, 0.25) is 11.8 Å². The van der Waals surface area contributed by atoms with E-state index in [1.807, 2.05) is 37.3 Å². The van der Waals surface area contributed by atoms with Gasteiger partial charge in [-0.05, 0) is 103 Å². The van der Waals surface area contributed by atoms with Crippen LogP contribution in [0.5, 0.6) is 5.75 Å². The van der Waals surface area contributed by atoms with E-state index < -0.39 is 53.5 Å². The lowest BCUT2D eigenvalue weighted by molar-refractivity contribution is -0.159. The molecule has 2 aromatic rings. The first kappa shape index (κ1) is 75.2. The summed E-state index contributed by atoms with van der Waals surface area (Å²) in [6.07, 6.45) is 1.77. The summed E-state index contributed by atoms with van der Waals surface area (Å²) in [5, 5.41) is 24.2. The summed E-state index contributed by atoms with van der Waals surface area (Å²) in [6.45, 7) is 21.3. The third-order valence-corrected chi connectivity index (χ3v) is 11.5. The van der Waals surface area contributed by atoms with Gasteiger partial charge in [-0.3, -0.25) is 19.7 Å². The number of benzene rings is 2. The number of hydrogen-bond donors (Lipinski definition) is 6. The fourth-order valence-corrected chi connectivity index (χ4v) is 7.39. The molecule has 0 fully saturated rings. The lowest BCUT2D eigenvalue weighted by Crippen LogP contribution is -2.47. The highest BCUT2D eigenvalue weighted by atomic mass is 16.6. The number of alkyl carbamates (subject to hydrolysis) is 2. The molecule has 484 valence electrons. The standard InChI is InChI=1S/C60H99N5O20/c1-9-10-21-62-54(68)50(64-57(71)83-44-47-16-12-11-13-17-47)18-14-15-22-61-53(67)45-81-38-37-79-34-33-77-30-29-75-26-25-73-23-24-74-27-28-76-31-32-78-35-36-80-39-40-82-56(70)65-51-43-48(19-20-52(51)66)42-49(63-58(72)85-60(6,7)8)41-46(2)55(69)84-59(3,4)5/h11-13,16-17,19-20,43,46,49-50,66H,9-10,14-15,18,21-42,44-45H2,1-8H3,(H,61,67)(H,62,68)(H,63,72)(H,64,71)(H,65,70)/t46?,49?,50-/m0/s1. The Morgan fingerprint density at radius 2 is 1.04 bits per heavy atom. The van der Waals surface area contributed by atoms with Crippen LogP contribution in [0.3, 0.4) is 0 Å². The van der Waals surface area contributed by atoms with Crippen molar-refractivity contribution in [2.45, 2.75) is 130 Å². The number of esters is 1. The number of carbonyl (C=O) groups is 6. The number of phenolic OH excluding ortho intramolecular Hbond substituents is 1. The van der Waals surface area contributed by atoms with Crippen molar-refractivity contribution in [2.24, 2.45) is 5.92 Å². The normalized spacial score (nSPS) is 12.6. The predicted molar refractivity (Wildman–Crippen MR) is 315 cm³/mol. The summed E-state index contributed by atoms with van der Waals surface area (Å²) in [5.41, 5.74) is 0.204. The van der Waals surface area contributed by atoms with Gasteiger partial charge in [-0.2, -0.15) is 0 Å². The van der Waals surface area contributed by atoms with Crippen LogP contribution in [0.25, 0.3) is 0 Å². The number of amides is 5. The number of rotatable bonds is 48. The van der Waals surface area contributed by atoms with E-state index in [-0.39, 0.29) is 75.7 Å². The summed E-state index contributed by atoms with van der Waals surface area (Å²) >= 11 is 0. The number of nitrogens with one attached hydrogen (secondary N) is 5. The zero-order chi connectivity index (χ0) is 62.4. The van der Waals surface area contributed by atoms with Crippen molar-refractivity contribution in [1.82, 2.24) is 21.3 Å². The van der Waals surface area contributed by atoms with E-state index >= 15 is 0 Å². The quantitative estimate of drug-likeness (QED) is 0.0181. The van der Waals surface area contributed by atoms with Crippen molar-refractivity contribution in [3.63, 3.8) is 0 Å². The molecule has 2 unspecified atom stereocenters. The molecule has 6 N–H and O–H groups in total. The number of aromatic hydroxyl groups is 1. The lowest BCUT2D eigenvalue weighted by atomic mass is 9.95. The molecule has 0 spiro atoms. The van der Waals surface area contributed by atoms with Crippen molar-refractivity contribution in [1.29, 1.82) is 0 Å². The second kappa shape index (κ2) is 46.3. The molecule has 0 saturated carbocycles. The van der Waals surface area contributed by atoms with Gasteiger partial charge in [-0.15, -0.1) is 0 Å². The SMILES string of the molecule is CCCCNC(=O)[C@H](CCCCNC(=O)COCCOCCOCCOCCOCCOCCOCCOCCOCCOC(=O)Nc1cc(CC(CC(C)C(=O)OC(C)(C)C)NC(=O)OC(C)(C)C)ccc1O)NC(=O)OCc1ccccc1. The Morgan fingerprint density at radius 1 is 0.529 bits per heavy atom. The van der Waals surface area contributed by atoms with Crippen LogP contribution in [-0.4, -0.2) is 203 Å². The third-order valence-electron chi connectivity index (χ3n) is 11.5. The molecule has 3 atom stereocenters. The highest BCUT2D eigenvalue weighted by Crippen LogP contribution is 2.26. The maximum atomic E-state index is 12.7. The summed E-state index contributed by atoms with van der Waals surface area (Å²) in [5.74, 6) is -1.66. The van der Waals surface area contributed by atoms with Gasteiger partial charge in [0, 0.05) is 19.1 Å². The Hall–Kier alpha value is -5.90. The van der Waals surface area contributed by atoms with E-state index in [0.717, 1.165) is 18.4 Å². The third kappa shape index (κ3) is 42.6. The summed E-state index contributed by atoms with van der Waals surface area (Å²) in [7, 11) is 0. The van der Waals surface area contributed by atoms with Crippen LogP contribution < -0.4 is 26.6 Å². The first-order valence-electron chi connectivity index (χ1n) is 29.4. The van der Waals surface area contributed by atoms with E-state index in [1.54, 1.807) is 60.6 Å². The van der Waals surface area contributed by atoms with Gasteiger partial charge in [-0.1, -0.05) is 56.7 Å². The molecule has 0 aliphatic carbocycles. The van der Waals surface area contributed by atoms with Crippen LogP contribution in [-0.2, 0) is 89.0 Å². The van der Waals surface area contributed by atoms with Crippen molar-refractivity contribution in [3.05, 3.63) is 59.7 Å². The van der Waals surface area contributed by atoms with Crippen LogP contribution in [0, 0.1) is 5.92 Å². The first-order valence-corrected chi connectivity index (χ1v) is 29.4. The number of ether oxygens (including phenoxy) is 13. The second-order valence-electron chi connectivity index (χ2n) is 21.5. The minimum Gasteiger partial charge on any atom is -0.506 e. The minimum absolute atomic E-state index is 0.0461. The highest BCUT2D eigenvalue weighted by molar-refractivity contribution is 5.87. The smallest absolute Gasteiger partial charge is 0.411 e. The predicted octanol–water partition coefficient (Wildman–Crippen LogP) is 6.39. The molecule has 0 aliphatic heterocycles. The average molecular weight is 1210 g/mol. The van der Waals surface area contributed by atoms with Crippen LogP contribution in [0.4, 0.5) is 20.1 Å². The van der Waals surface area contributed by atoms with E-state index in [9.17, 15) is 33.9 Å². The zero-order valence-electron chi connectivity index (χ0n) is 51.6. The summed E-state index contributed by atoms with van der Waals surface area (Å²) in [6, 6.07) is 12.6. The molecular weight excluding hydrogens is 1110 g/mol. The zero-order valence-corrected chi connectivity index (χ0v) is 51.6. The number of hydrogen-bond acceptors (Lipinski definition) is 20. The second-order valence-corrected chi connectivity index (χ2v) is 21.5. The fourth-order valence-electron chi connectivity index (χ4n) is 7.39. The molecule has 85 heavy (non-hydrogen) atoms. The molecule has 2 aromatic carbocycles. The number of carbonyl (C=O) groups excluding carboxylic acids is 6. The molecular formula is C60H99N5O20. The molecule has 25 nitrogen and oxygen atoms in total. The molecule has 0 saturated heterocycles. The van der Waals surface area contributed by atoms with Crippen LogP contribution >= 0.6 is 0 Å². The van der Waals surface area contributed by atoms with E-state index in [4.69, 9.17) is 61.6 Å². The lowest BCUT2D eigenvalue weighted by Gasteiger charge is -2.27. The molecule has 0 heterocycles. The van der Waals surface area contributed by atoms with Crippen LogP contribution in [0.1, 0.15) is 105 Å². The number of unbranched alkanes of at least 4 members (excludes halogenated alkanes) is 2. The van der Waals surface area contributed by atoms with Gasteiger partial charge >= 0.3 is 24.2 Å². The Labute approximate surface area is 502 Å². The fraction of sp³-hybridized carbons (Fsp3) is 0.700. The van der Waals surface area contributed by atoms with E-state index in [1.165, 1.54) is 6.07 Å². The summed E-state index contributed by atoms with van der Waals surface area (Å²) < 4.78 is 70.9. The Bertz CT molecular complexity index is 2130. The molecule has 0 aliphatic rings. The van der Waals surface area contributed by atoms with Gasteiger partial charge in [0.05, 0.1) is 124 Å². The highest BCUT2D eigenvalue weighted by Gasteiger charge is 2.28. The molecule has 0 radical (unpaired) electrons. The molecule has 25 heteroatoms. The van der Waals surface area contributed by atoms with E-state index in [2.05, 4.69) is 26.6 Å². The number of anilines is 1. The van der Waals surface area contributed by atoms with Crippen LogP contribution in [0.2, 0.25) is 0 Å². The van der Waals surface area contributed by atoms with Gasteiger partial charge in [0.15, 0.2) is 0 Å². The van der Waals surface area contributed by atoms with Crippen molar-refractivity contribution in [2.75, 3.05) is 144 Å². The van der Waals surface area contributed by atoms with Crippen molar-refractivity contribution >= 4 is 41.8 Å². The summed E-state index contributed by atoms with van der Waals surface area (Å²) in [4.78, 5) is 75.3. The number of phenols is 1. The maximum absolute atomic E-state index is 12.7. The van der Waals surface area contributed by atoms with Crippen molar-refractivity contribution < 1.29 is 95.5 Å². The topological polar surface area (TPSA) is 303 Å². The largest absolute Gasteiger partial charge is 0.506 e. The van der Waals surface area contributed by atoms with Gasteiger partial charge < -0.3 is 88.0 Å². The first-order chi connectivity index (χ1) is 40.7. The van der Waals surface area contributed by atoms with E-state index in [0.29, 0.717) is 130 Å². The van der Waals surface area contributed by atoms with Crippen LogP contribution in [0.15, 0.2) is 48.5 Å². The van der Waals surface area contributed by atoms with Gasteiger partial charge in [-0.25, -0.2) is 14.4 Å². The molecule has 5 amide bonds. The Morgan fingerprint density at radius 3 is 1.55 bits per heavy atom. The Balaban J connectivity index is 1.37. The van der Waals surface area contributed by atoms with Crippen molar-refractivity contribution in [3.8, 4) is 5.75 Å². The monoisotopic (exact) mass is 1210 g/mol. The Kier molecular flexibility index (Phi) is 41.0. The molecule has 0 bridgehead atoms. The average Bonchev–Trinajstić information content (AvgIpc) is 3.48. The molecule has 0 aromatic heterocycles. The van der Waals surface area contributed by atoms with Gasteiger partial charge in [0.1, 0.15) is 42.8 Å². The van der Waals surface area contributed by atoms with Gasteiger partial charge in [0.25, 0.3) is 0 Å².